The van der Waals surface area contributed by atoms with Gasteiger partial charge in [-0.15, -0.1) is 0 Å². The molecule has 11 nitrogen and oxygen atoms in total. The maximum Gasteiger partial charge on any atom is 1.00 e. The fourth-order valence-electron chi connectivity index (χ4n) is 1.97. The van der Waals surface area contributed by atoms with E-state index < -0.39 is 42.1 Å². The van der Waals surface area contributed by atoms with Crippen molar-refractivity contribution >= 4 is 31.6 Å². The Kier molecular flexibility index (Phi) is 14.1. The molecule has 2 aromatic heterocycles. The minimum atomic E-state index is -3.25. The van der Waals surface area contributed by atoms with Crippen LogP contribution in [0.15, 0.2) is 33.1 Å². The predicted octanol–water partition coefficient (Wildman–Crippen LogP) is -0.482. The van der Waals surface area contributed by atoms with Gasteiger partial charge in [-0.3, -0.25) is 0 Å². The smallest absolute Gasteiger partial charge is 0.870 e. The third-order valence-corrected chi connectivity index (χ3v) is 8.29. The Bertz CT molecular complexity index is 1110. The van der Waals surface area contributed by atoms with Crippen molar-refractivity contribution in [2.45, 2.75) is 49.7 Å². The van der Waals surface area contributed by atoms with E-state index in [1.807, 2.05) is 0 Å². The van der Waals surface area contributed by atoms with E-state index in [4.69, 9.17) is 13.9 Å². The van der Waals surface area contributed by atoms with E-state index in [9.17, 15) is 26.4 Å². The topological polar surface area (TPSA) is 188 Å². The van der Waals surface area contributed by atoms with Crippen LogP contribution >= 0.6 is 0 Å². The van der Waals surface area contributed by atoms with Crippen LogP contribution in [0.4, 0.5) is 0 Å². The van der Waals surface area contributed by atoms with Gasteiger partial charge in [0, 0.05) is 0 Å². The van der Waals surface area contributed by atoms with E-state index in [-0.39, 0.29) is 69.6 Å². The van der Waals surface area contributed by atoms with Crippen molar-refractivity contribution in [3.05, 3.63) is 47.3 Å². The second kappa shape index (κ2) is 13.9. The number of furan rings is 2. The number of carboxylic acids is 1. The fraction of sp³-hybridized carbons (Fsp3) is 0.474. The van der Waals surface area contributed by atoms with Crippen molar-refractivity contribution in [3.63, 3.8) is 0 Å². The van der Waals surface area contributed by atoms with Crippen LogP contribution in [-0.2, 0) is 35.9 Å². The largest absolute Gasteiger partial charge is 1.00 e. The maximum atomic E-state index is 11.6. The molecule has 0 atom stereocenters. The van der Waals surface area contributed by atoms with Gasteiger partial charge in [-0.25, -0.2) is 26.4 Å². The molecule has 0 saturated carbocycles. The first-order valence-corrected chi connectivity index (χ1v) is 12.5. The normalized spacial score (nSPS) is 11.1. The molecular weight excluding hydrogens is 491 g/mol. The molecule has 0 aromatic carbocycles. The summed E-state index contributed by atoms with van der Waals surface area (Å²) in [6, 6.07) is 5.47. The average molecular weight is 519 g/mol. The van der Waals surface area contributed by atoms with Gasteiger partial charge >= 0.3 is 41.5 Å². The zero-order valence-electron chi connectivity index (χ0n) is 19.3. The molecular formula is C19H27NaO11S2. The Morgan fingerprint density at radius 1 is 0.848 bits per heavy atom. The number of esters is 1. The second-order valence-corrected chi connectivity index (χ2v) is 12.2. The minimum absolute atomic E-state index is 0. The number of aromatic carboxylic acids is 1. The van der Waals surface area contributed by atoms with Crippen LogP contribution in [0.1, 0.15) is 60.3 Å². The molecule has 2 aromatic rings. The summed E-state index contributed by atoms with van der Waals surface area (Å²) >= 11 is 0. The van der Waals surface area contributed by atoms with Crippen molar-refractivity contribution in [1.82, 2.24) is 0 Å². The molecule has 0 amide bonds. The van der Waals surface area contributed by atoms with Crippen LogP contribution in [0.3, 0.4) is 0 Å². The average Bonchev–Trinajstić information content (AvgIpc) is 3.30. The van der Waals surface area contributed by atoms with Gasteiger partial charge in [0.25, 0.3) is 0 Å². The van der Waals surface area contributed by atoms with E-state index in [0.717, 1.165) is 0 Å². The van der Waals surface area contributed by atoms with Crippen LogP contribution in [-0.4, -0.2) is 57.0 Å². The molecule has 0 fully saturated rings. The molecule has 0 radical (unpaired) electrons. The van der Waals surface area contributed by atoms with Crippen molar-refractivity contribution in [2.75, 3.05) is 7.11 Å². The predicted molar refractivity (Wildman–Crippen MR) is 113 cm³/mol. The number of hydrogen-bond donors (Lipinski definition) is 1. The van der Waals surface area contributed by atoms with Gasteiger partial charge in [0.1, 0.15) is 23.0 Å². The molecule has 0 aliphatic carbocycles. The van der Waals surface area contributed by atoms with Crippen molar-refractivity contribution in [3.8, 4) is 0 Å². The summed E-state index contributed by atoms with van der Waals surface area (Å²) in [7, 11) is -5.23. The summed E-state index contributed by atoms with van der Waals surface area (Å²) in [5.74, 6) is -2.13. The first-order chi connectivity index (χ1) is 14.2. The van der Waals surface area contributed by atoms with E-state index in [0.29, 0.717) is 0 Å². The number of ether oxygens (including phenoxy) is 1. The molecule has 2 heterocycles. The maximum absolute atomic E-state index is 11.6. The molecule has 33 heavy (non-hydrogen) atoms. The van der Waals surface area contributed by atoms with Gasteiger partial charge in [-0.1, -0.05) is 0 Å². The molecule has 0 aliphatic heterocycles. The summed E-state index contributed by atoms with van der Waals surface area (Å²) in [4.78, 5) is 21.5. The molecule has 182 valence electrons. The molecule has 2 rings (SSSR count). The van der Waals surface area contributed by atoms with Crippen LogP contribution in [0, 0.1) is 0 Å². The van der Waals surface area contributed by atoms with E-state index in [1.165, 1.54) is 31.4 Å². The quantitative estimate of drug-likeness (QED) is 0.351. The minimum Gasteiger partial charge on any atom is -0.870 e. The molecule has 2 N–H and O–H groups in total. The summed E-state index contributed by atoms with van der Waals surface area (Å²) < 4.78 is 60.5. The van der Waals surface area contributed by atoms with Crippen molar-refractivity contribution in [1.29, 1.82) is 0 Å². The molecule has 0 unspecified atom stereocenters. The number of sulfone groups is 2. The molecule has 0 aliphatic rings. The number of carbonyl (C=O) groups is 2. The summed E-state index contributed by atoms with van der Waals surface area (Å²) in [6.07, 6.45) is 0. The Morgan fingerprint density at radius 2 is 1.21 bits per heavy atom. The van der Waals surface area contributed by atoms with Gasteiger partial charge in [-0.2, -0.15) is 0 Å². The van der Waals surface area contributed by atoms with Gasteiger partial charge in [0.15, 0.2) is 19.7 Å². The number of carboxylic acid groups (broad SMARTS) is 1. The van der Waals surface area contributed by atoms with Crippen LogP contribution in [0.5, 0.6) is 0 Å². The Hall–Kier alpha value is -1.64. The van der Waals surface area contributed by atoms with Gasteiger partial charge in [-0.05, 0) is 52.0 Å². The Morgan fingerprint density at radius 3 is 1.52 bits per heavy atom. The van der Waals surface area contributed by atoms with Crippen LogP contribution in [0.2, 0.25) is 0 Å². The van der Waals surface area contributed by atoms with Crippen molar-refractivity contribution < 1.29 is 80.1 Å². The third kappa shape index (κ3) is 10.4. The number of carbonyl (C=O) groups excluding carboxylic acids is 1. The van der Waals surface area contributed by atoms with Gasteiger partial charge in [0.05, 0.1) is 17.6 Å². The fourth-order valence-corrected chi connectivity index (χ4v) is 3.74. The third-order valence-electron chi connectivity index (χ3n) is 4.04. The number of rotatable bonds is 8. The summed E-state index contributed by atoms with van der Waals surface area (Å²) in [6.45, 7) is 6.33. The molecule has 14 heteroatoms. The summed E-state index contributed by atoms with van der Waals surface area (Å²) in [5, 5.41) is 7.59. The monoisotopic (exact) mass is 518 g/mol. The second-order valence-electron chi connectivity index (χ2n) is 7.04. The Labute approximate surface area is 214 Å². The first-order valence-electron chi connectivity index (χ1n) is 9.11. The van der Waals surface area contributed by atoms with Gasteiger partial charge in [0.2, 0.25) is 11.5 Å². The van der Waals surface area contributed by atoms with Crippen LogP contribution in [0.25, 0.3) is 0 Å². The Balaban J connectivity index is 0. The summed E-state index contributed by atoms with van der Waals surface area (Å²) in [5.41, 5.74) is 0. The van der Waals surface area contributed by atoms with Gasteiger partial charge < -0.3 is 24.2 Å². The molecule has 0 spiro atoms. The van der Waals surface area contributed by atoms with Crippen LogP contribution < -0.4 is 29.6 Å². The van der Waals surface area contributed by atoms with Crippen molar-refractivity contribution in [2.24, 2.45) is 0 Å². The standard InChI is InChI=1S/C10H14O5S.C9H12O5S.Na.H2O/c1-7(2)16(12,13)6-8-4-5-9(15-8)10(11)14-3;1-6(2)15(12,13)5-7-3-4-8(14-7)9(10)11;;/h4-5,7H,6H2,1-3H3;3-4,6H,5H2,1-2H3,(H,10,11);;1H2/q;;+1;/p-1. The van der Waals surface area contributed by atoms with E-state index >= 15 is 0 Å². The zero-order valence-corrected chi connectivity index (χ0v) is 22.9. The molecule has 0 saturated heterocycles. The SMILES string of the molecule is CC(C)S(=O)(=O)Cc1ccc(C(=O)O)o1.COC(=O)c1ccc(CS(=O)(=O)C(C)C)o1.[Na+].[OH-]. The molecule has 0 bridgehead atoms. The van der Waals surface area contributed by atoms with E-state index in [1.54, 1.807) is 27.7 Å². The zero-order chi connectivity index (χ0) is 24.0. The number of hydrogen-bond acceptors (Lipinski definition) is 10. The number of methoxy groups -OCH3 is 1. The van der Waals surface area contributed by atoms with E-state index in [2.05, 4.69) is 4.74 Å². The first kappa shape index (κ1) is 33.5.